The molecule has 0 aliphatic heterocycles. The van der Waals surface area contributed by atoms with E-state index < -0.39 is 34.5 Å². The summed E-state index contributed by atoms with van der Waals surface area (Å²) in [6.45, 7) is 1.28. The molecule has 1 heterocycles. The molecule has 8 nitrogen and oxygen atoms in total. The minimum absolute atomic E-state index is 0.0141. The second kappa shape index (κ2) is 8.98. The Hall–Kier alpha value is -2.43. The van der Waals surface area contributed by atoms with Gasteiger partial charge in [0.15, 0.2) is 6.61 Å². The summed E-state index contributed by atoms with van der Waals surface area (Å²) in [5.74, 6) is -1.12. The van der Waals surface area contributed by atoms with Gasteiger partial charge in [-0.05, 0) is 43.0 Å². The minimum atomic E-state index is -3.77. The first-order chi connectivity index (χ1) is 12.7. The van der Waals surface area contributed by atoms with Crippen molar-refractivity contribution in [3.8, 4) is 0 Å². The van der Waals surface area contributed by atoms with Gasteiger partial charge >= 0.3 is 5.97 Å². The number of carbonyl (C=O) groups excluding carboxylic acids is 2. The molecule has 0 fully saturated rings. The van der Waals surface area contributed by atoms with Crippen LogP contribution in [0.25, 0.3) is 0 Å². The first-order valence-electron chi connectivity index (χ1n) is 7.80. The van der Waals surface area contributed by atoms with Gasteiger partial charge in [0.25, 0.3) is 5.91 Å². The van der Waals surface area contributed by atoms with Crippen LogP contribution >= 0.6 is 11.8 Å². The van der Waals surface area contributed by atoms with Gasteiger partial charge in [0.05, 0.1) is 16.5 Å². The monoisotopic (exact) mass is 409 g/mol. The predicted molar refractivity (Wildman–Crippen MR) is 101 cm³/mol. The number of nitrogens with one attached hydrogen (secondary N) is 1. The summed E-state index contributed by atoms with van der Waals surface area (Å²) in [7, 11) is -3.77. The predicted octanol–water partition coefficient (Wildman–Crippen LogP) is 1.49. The first kappa shape index (κ1) is 20.9. The number of primary sulfonamides is 1. The molecule has 2 rings (SSSR count). The zero-order valence-electron chi connectivity index (χ0n) is 14.7. The number of nitrogens with two attached hydrogens (primary N) is 1. The first-order valence-corrected chi connectivity index (χ1v) is 10.6. The lowest BCUT2D eigenvalue weighted by Crippen LogP contribution is -2.31. The highest BCUT2D eigenvalue weighted by atomic mass is 32.2. The van der Waals surface area contributed by atoms with E-state index >= 15 is 0 Å². The Morgan fingerprint density at radius 2 is 1.93 bits per heavy atom. The molecule has 3 N–H and O–H groups in total. The van der Waals surface area contributed by atoms with Crippen LogP contribution < -0.4 is 10.5 Å². The Bertz CT molecular complexity index is 930. The second-order valence-electron chi connectivity index (χ2n) is 5.54. The number of benzene rings is 1. The summed E-state index contributed by atoms with van der Waals surface area (Å²) < 4.78 is 27.5. The molecule has 0 saturated heterocycles. The quantitative estimate of drug-likeness (QED) is 0.523. The van der Waals surface area contributed by atoms with Gasteiger partial charge in [0.1, 0.15) is 5.03 Å². The summed E-state index contributed by atoms with van der Waals surface area (Å²) >= 11 is 1.30. The molecule has 2 aromatic rings. The van der Waals surface area contributed by atoms with Crippen molar-refractivity contribution in [2.45, 2.75) is 22.9 Å². The molecule has 10 heteroatoms. The summed E-state index contributed by atoms with van der Waals surface area (Å²) in [5.41, 5.74) is 0.975. The highest BCUT2D eigenvalue weighted by Gasteiger charge is 2.16. The zero-order valence-corrected chi connectivity index (χ0v) is 16.3. The average Bonchev–Trinajstić information content (AvgIpc) is 2.65. The number of hydrogen-bond acceptors (Lipinski definition) is 7. The fourth-order valence-electron chi connectivity index (χ4n) is 2.23. The van der Waals surface area contributed by atoms with Crippen molar-refractivity contribution in [2.24, 2.45) is 5.14 Å². The Morgan fingerprint density at radius 1 is 1.26 bits per heavy atom. The highest BCUT2D eigenvalue weighted by Crippen LogP contribution is 2.18. The third-order valence-corrected chi connectivity index (χ3v) is 5.25. The largest absolute Gasteiger partial charge is 0.452 e. The lowest BCUT2D eigenvalue weighted by atomic mass is 10.1. The maximum Gasteiger partial charge on any atom is 0.341 e. The van der Waals surface area contributed by atoms with E-state index in [1.54, 1.807) is 43.6 Å². The van der Waals surface area contributed by atoms with Crippen molar-refractivity contribution < 1.29 is 22.7 Å². The van der Waals surface area contributed by atoms with Crippen LogP contribution in [0.1, 0.15) is 28.9 Å². The molecule has 144 valence electrons. The molecule has 1 aromatic heterocycles. The van der Waals surface area contributed by atoms with Gasteiger partial charge in [-0.25, -0.2) is 23.3 Å². The van der Waals surface area contributed by atoms with Gasteiger partial charge in [-0.3, -0.25) is 4.79 Å². The van der Waals surface area contributed by atoms with E-state index in [2.05, 4.69) is 10.3 Å². The molecule has 1 aromatic carbocycles. The van der Waals surface area contributed by atoms with Gasteiger partial charge < -0.3 is 10.1 Å². The van der Waals surface area contributed by atoms with E-state index in [-0.39, 0.29) is 4.90 Å². The van der Waals surface area contributed by atoms with Gasteiger partial charge in [-0.1, -0.05) is 12.1 Å². The van der Waals surface area contributed by atoms with Crippen molar-refractivity contribution >= 4 is 33.7 Å². The highest BCUT2D eigenvalue weighted by molar-refractivity contribution is 7.98. The van der Waals surface area contributed by atoms with Crippen LogP contribution in [0.5, 0.6) is 0 Å². The summed E-state index contributed by atoms with van der Waals surface area (Å²) in [6, 6.07) is 8.61. The molecule has 1 atom stereocenters. The number of aromatic nitrogens is 1. The number of carbonyl (C=O) groups is 2. The van der Waals surface area contributed by atoms with Gasteiger partial charge in [-0.15, -0.1) is 11.8 Å². The number of pyridine rings is 1. The molecule has 0 bridgehead atoms. The maximum absolute atomic E-state index is 12.1. The van der Waals surface area contributed by atoms with E-state index in [9.17, 15) is 18.0 Å². The Kier molecular flexibility index (Phi) is 6.94. The number of thioether (sulfide) groups is 1. The molecule has 0 aliphatic carbocycles. The number of nitrogens with zero attached hydrogens (tertiary/aromatic N) is 1. The summed E-state index contributed by atoms with van der Waals surface area (Å²) in [4.78, 5) is 28.2. The third kappa shape index (κ3) is 5.78. The van der Waals surface area contributed by atoms with Crippen LogP contribution in [0.4, 0.5) is 0 Å². The van der Waals surface area contributed by atoms with Crippen molar-refractivity contribution in [1.82, 2.24) is 10.3 Å². The molecule has 27 heavy (non-hydrogen) atoms. The average molecular weight is 409 g/mol. The van der Waals surface area contributed by atoms with Crippen molar-refractivity contribution in [2.75, 3.05) is 12.9 Å². The van der Waals surface area contributed by atoms with E-state index in [0.717, 1.165) is 0 Å². The number of rotatable bonds is 7. The molecule has 0 spiro atoms. The zero-order chi connectivity index (χ0) is 20.0. The molecular weight excluding hydrogens is 390 g/mol. The molecular formula is C17H19N3O5S2. The SMILES string of the molecule is CSc1ncccc1C(=O)OCC(=O)N[C@@H](C)c1ccc(S(N)(=O)=O)cc1. The van der Waals surface area contributed by atoms with Gasteiger partial charge in [-0.2, -0.15) is 0 Å². The van der Waals surface area contributed by atoms with Crippen molar-refractivity contribution in [3.63, 3.8) is 0 Å². The Morgan fingerprint density at radius 3 is 2.52 bits per heavy atom. The minimum Gasteiger partial charge on any atom is -0.452 e. The van der Waals surface area contributed by atoms with E-state index in [4.69, 9.17) is 9.88 Å². The summed E-state index contributed by atoms with van der Waals surface area (Å²) in [5, 5.41) is 8.24. The Labute approximate surface area is 161 Å². The van der Waals surface area contributed by atoms with Crippen LogP contribution in [-0.2, 0) is 19.6 Å². The number of hydrogen-bond donors (Lipinski definition) is 2. The molecule has 0 saturated carbocycles. The number of amides is 1. The lowest BCUT2D eigenvalue weighted by Gasteiger charge is -2.15. The van der Waals surface area contributed by atoms with Crippen LogP contribution in [0.2, 0.25) is 0 Å². The van der Waals surface area contributed by atoms with Crippen LogP contribution in [0, 0.1) is 0 Å². The molecule has 0 unspecified atom stereocenters. The van der Waals surface area contributed by atoms with Crippen LogP contribution in [-0.4, -0.2) is 38.1 Å². The normalized spacial score (nSPS) is 12.3. The number of ether oxygens (including phenoxy) is 1. The summed E-state index contributed by atoms with van der Waals surface area (Å²) in [6.07, 6.45) is 3.35. The van der Waals surface area contributed by atoms with Crippen LogP contribution in [0.15, 0.2) is 52.5 Å². The van der Waals surface area contributed by atoms with E-state index in [1.165, 1.54) is 23.9 Å². The van der Waals surface area contributed by atoms with E-state index in [1.807, 2.05) is 0 Å². The van der Waals surface area contributed by atoms with Gasteiger partial charge in [0.2, 0.25) is 10.0 Å². The van der Waals surface area contributed by atoms with E-state index in [0.29, 0.717) is 16.2 Å². The molecule has 0 radical (unpaired) electrons. The number of sulfonamides is 1. The standard InChI is InChI=1S/C17H19N3O5S2/c1-11(12-5-7-13(8-6-12)27(18,23)24)20-15(21)10-25-17(22)14-4-3-9-19-16(14)26-2/h3-9,11H,10H2,1-2H3,(H,20,21)(H2,18,23,24)/t11-/m0/s1. The smallest absolute Gasteiger partial charge is 0.341 e. The fraction of sp³-hybridized carbons (Fsp3) is 0.235. The van der Waals surface area contributed by atoms with Crippen molar-refractivity contribution in [1.29, 1.82) is 0 Å². The second-order valence-corrected chi connectivity index (χ2v) is 7.90. The molecule has 1 amide bonds. The third-order valence-electron chi connectivity index (χ3n) is 3.60. The Balaban J connectivity index is 1.92. The topological polar surface area (TPSA) is 128 Å². The van der Waals surface area contributed by atoms with Crippen molar-refractivity contribution in [3.05, 3.63) is 53.7 Å². The number of esters is 1. The maximum atomic E-state index is 12.1. The molecule has 0 aliphatic rings. The van der Waals surface area contributed by atoms with Gasteiger partial charge in [0, 0.05) is 6.20 Å². The van der Waals surface area contributed by atoms with Crippen LogP contribution in [0.3, 0.4) is 0 Å². The fourth-order valence-corrected chi connectivity index (χ4v) is 3.28. The lowest BCUT2D eigenvalue weighted by molar-refractivity contribution is -0.124.